The van der Waals surface area contributed by atoms with Gasteiger partial charge in [0, 0.05) is 6.04 Å². The van der Waals surface area contributed by atoms with Crippen LogP contribution in [-0.2, 0) is 4.79 Å². The summed E-state index contributed by atoms with van der Waals surface area (Å²) in [5.41, 5.74) is 0.581. The summed E-state index contributed by atoms with van der Waals surface area (Å²) in [6, 6.07) is 0.314. The molecule has 1 atom stereocenters. The fourth-order valence-electron chi connectivity index (χ4n) is 5.34. The van der Waals surface area contributed by atoms with Crippen molar-refractivity contribution in [3.63, 3.8) is 0 Å². The molecule has 4 aliphatic carbocycles. The summed E-state index contributed by atoms with van der Waals surface area (Å²) in [6.07, 6.45) is 11.8. The summed E-state index contributed by atoms with van der Waals surface area (Å²) in [5.74, 6) is 3.04. The fraction of sp³-hybridized carbons (Fsp3) is 0.929. The molecule has 89 valence electrons. The van der Waals surface area contributed by atoms with Crippen molar-refractivity contribution in [3.05, 3.63) is 0 Å². The zero-order valence-electron chi connectivity index (χ0n) is 10.2. The van der Waals surface area contributed by atoms with Crippen molar-refractivity contribution in [1.29, 1.82) is 0 Å². The zero-order chi connectivity index (χ0) is 11.2. The van der Waals surface area contributed by atoms with E-state index in [1.54, 1.807) is 0 Å². The Labute approximate surface area is 98.2 Å². The van der Waals surface area contributed by atoms with Crippen molar-refractivity contribution in [2.24, 2.45) is 23.2 Å². The summed E-state index contributed by atoms with van der Waals surface area (Å²) in [7, 11) is 0. The summed E-state index contributed by atoms with van der Waals surface area (Å²) in [4.78, 5) is 10.4. The van der Waals surface area contributed by atoms with Gasteiger partial charge in [-0.2, -0.15) is 0 Å². The first kappa shape index (κ1) is 10.6. The lowest BCUT2D eigenvalue weighted by molar-refractivity contribution is -0.0604. The number of hydrogen-bond acceptors (Lipinski definition) is 1. The van der Waals surface area contributed by atoms with Gasteiger partial charge in [-0.25, -0.2) is 0 Å². The van der Waals surface area contributed by atoms with Gasteiger partial charge in [-0.3, -0.25) is 4.79 Å². The van der Waals surface area contributed by atoms with E-state index in [1.807, 2.05) is 6.41 Å². The quantitative estimate of drug-likeness (QED) is 0.725. The highest BCUT2D eigenvalue weighted by molar-refractivity contribution is 5.47. The van der Waals surface area contributed by atoms with E-state index in [0.717, 1.165) is 17.8 Å². The van der Waals surface area contributed by atoms with E-state index in [-0.39, 0.29) is 0 Å². The molecule has 0 heterocycles. The van der Waals surface area contributed by atoms with E-state index in [9.17, 15) is 4.79 Å². The highest BCUT2D eigenvalue weighted by Gasteiger charge is 2.50. The van der Waals surface area contributed by atoms with Crippen molar-refractivity contribution in [1.82, 2.24) is 5.32 Å². The van der Waals surface area contributed by atoms with Gasteiger partial charge in [0.25, 0.3) is 0 Å². The van der Waals surface area contributed by atoms with Crippen LogP contribution >= 0.6 is 0 Å². The van der Waals surface area contributed by atoms with Crippen molar-refractivity contribution in [2.45, 2.75) is 57.9 Å². The maximum absolute atomic E-state index is 10.4. The minimum atomic E-state index is 0.314. The van der Waals surface area contributed by atoms with Crippen LogP contribution < -0.4 is 5.32 Å². The lowest BCUT2D eigenvalue weighted by atomic mass is 9.48. The molecule has 2 heteroatoms. The van der Waals surface area contributed by atoms with Gasteiger partial charge in [0.1, 0.15) is 0 Å². The van der Waals surface area contributed by atoms with Crippen LogP contribution in [0.1, 0.15) is 51.9 Å². The number of nitrogens with one attached hydrogen (secondary N) is 1. The van der Waals surface area contributed by atoms with Gasteiger partial charge in [0.05, 0.1) is 0 Å². The van der Waals surface area contributed by atoms with Crippen LogP contribution in [0.2, 0.25) is 0 Å². The topological polar surface area (TPSA) is 29.1 Å². The third-order valence-electron chi connectivity index (χ3n) is 5.21. The second kappa shape index (κ2) is 3.75. The number of rotatable bonds is 4. The molecule has 0 aromatic rings. The van der Waals surface area contributed by atoms with E-state index < -0.39 is 0 Å². The molecule has 1 radical (unpaired) electrons. The van der Waals surface area contributed by atoms with Gasteiger partial charge in [-0.1, -0.05) is 0 Å². The second-order valence-corrected chi connectivity index (χ2v) is 6.77. The monoisotopic (exact) mass is 220 g/mol. The molecular weight excluding hydrogens is 198 g/mol. The van der Waals surface area contributed by atoms with Crippen LogP contribution in [0.25, 0.3) is 0 Å². The van der Waals surface area contributed by atoms with Crippen LogP contribution in [0.15, 0.2) is 0 Å². The normalized spacial score (nSPS) is 46.7. The van der Waals surface area contributed by atoms with Crippen LogP contribution in [0, 0.1) is 23.2 Å². The second-order valence-electron chi connectivity index (χ2n) is 6.77. The Morgan fingerprint density at radius 2 is 1.69 bits per heavy atom. The van der Waals surface area contributed by atoms with Gasteiger partial charge in [0.15, 0.2) is 0 Å². The Balaban J connectivity index is 1.71. The van der Waals surface area contributed by atoms with Crippen molar-refractivity contribution in [2.75, 3.05) is 0 Å². The first-order valence-electron chi connectivity index (χ1n) is 6.82. The molecule has 4 bridgehead atoms. The maximum atomic E-state index is 10.4. The molecule has 0 aliphatic heterocycles. The lowest BCUT2D eigenvalue weighted by Gasteiger charge is -2.57. The summed E-state index contributed by atoms with van der Waals surface area (Å²) in [5, 5.41) is 2.81. The molecule has 4 saturated carbocycles. The van der Waals surface area contributed by atoms with Gasteiger partial charge in [-0.05, 0) is 75.0 Å². The predicted octanol–water partition coefficient (Wildman–Crippen LogP) is 2.64. The Morgan fingerprint density at radius 1 is 1.19 bits per heavy atom. The van der Waals surface area contributed by atoms with Crippen LogP contribution in [0.4, 0.5) is 0 Å². The summed E-state index contributed by atoms with van der Waals surface area (Å²) in [6.45, 7) is 2.13. The molecule has 16 heavy (non-hydrogen) atoms. The minimum Gasteiger partial charge on any atom is -0.345 e. The molecule has 0 aromatic heterocycles. The molecule has 0 aromatic carbocycles. The molecule has 0 spiro atoms. The molecule has 1 unspecified atom stereocenters. The number of carbonyl (C=O) groups excluding carboxylic acids is 1. The first-order valence-corrected chi connectivity index (χ1v) is 6.82. The number of amides is 1. The Morgan fingerprint density at radius 3 is 2.12 bits per heavy atom. The molecule has 1 N–H and O–H groups in total. The zero-order valence-corrected chi connectivity index (χ0v) is 10.2. The SMILES string of the molecule is CC(CC12CC3CC(CC(C3)C1)C2)N[C]=O. The molecule has 4 aliphatic rings. The Hall–Kier alpha value is -0.530. The van der Waals surface area contributed by atoms with Gasteiger partial charge in [0.2, 0.25) is 0 Å². The molecule has 2 nitrogen and oxygen atoms in total. The van der Waals surface area contributed by atoms with Crippen molar-refractivity contribution < 1.29 is 4.79 Å². The molecule has 0 saturated heterocycles. The molecule has 4 rings (SSSR count). The minimum absolute atomic E-state index is 0.314. The van der Waals surface area contributed by atoms with Gasteiger partial charge < -0.3 is 5.32 Å². The number of hydrogen-bond donors (Lipinski definition) is 1. The molecule has 1 amide bonds. The highest BCUT2D eigenvalue weighted by atomic mass is 16.1. The van der Waals surface area contributed by atoms with E-state index in [1.165, 1.54) is 44.9 Å². The predicted molar refractivity (Wildman–Crippen MR) is 63.5 cm³/mol. The fourth-order valence-corrected chi connectivity index (χ4v) is 5.34. The van der Waals surface area contributed by atoms with E-state index in [4.69, 9.17) is 0 Å². The van der Waals surface area contributed by atoms with E-state index in [2.05, 4.69) is 12.2 Å². The average molecular weight is 220 g/mol. The smallest absolute Gasteiger partial charge is 0.309 e. The van der Waals surface area contributed by atoms with E-state index in [0.29, 0.717) is 11.5 Å². The Bertz CT molecular complexity index is 251. The summed E-state index contributed by atoms with van der Waals surface area (Å²) < 4.78 is 0. The third kappa shape index (κ3) is 1.76. The Kier molecular flexibility index (Phi) is 2.49. The van der Waals surface area contributed by atoms with E-state index >= 15 is 0 Å². The van der Waals surface area contributed by atoms with Crippen LogP contribution in [0.3, 0.4) is 0 Å². The van der Waals surface area contributed by atoms with Crippen LogP contribution in [-0.4, -0.2) is 12.5 Å². The third-order valence-corrected chi connectivity index (χ3v) is 5.21. The first-order chi connectivity index (χ1) is 7.69. The van der Waals surface area contributed by atoms with Crippen molar-refractivity contribution in [3.8, 4) is 0 Å². The maximum Gasteiger partial charge on any atom is 0.309 e. The highest BCUT2D eigenvalue weighted by Crippen LogP contribution is 2.61. The molecular formula is C14H22NO. The lowest BCUT2D eigenvalue weighted by Crippen LogP contribution is -2.48. The standard InChI is InChI=1S/C14H22NO/c1-10(15-9-16)5-14-6-11-2-12(7-14)4-13(3-11)8-14/h10-13H,2-8H2,1H3,(H,15,16). The van der Waals surface area contributed by atoms with Crippen LogP contribution in [0.5, 0.6) is 0 Å². The largest absolute Gasteiger partial charge is 0.345 e. The average Bonchev–Trinajstić information content (AvgIpc) is 2.13. The summed E-state index contributed by atoms with van der Waals surface area (Å²) >= 11 is 0. The molecule has 4 fully saturated rings. The van der Waals surface area contributed by atoms with Crippen molar-refractivity contribution >= 4 is 6.41 Å². The van der Waals surface area contributed by atoms with Gasteiger partial charge in [-0.15, -0.1) is 0 Å². The van der Waals surface area contributed by atoms with Gasteiger partial charge >= 0.3 is 6.41 Å².